The summed E-state index contributed by atoms with van der Waals surface area (Å²) in [6, 6.07) is 3.49. The quantitative estimate of drug-likeness (QED) is 0.683. The number of nitrogen functional groups attached to an aromatic ring is 2. The molecule has 0 bridgehead atoms. The Morgan fingerprint density at radius 1 is 1.20 bits per heavy atom. The Bertz CT molecular complexity index is 458. The minimum absolute atomic E-state index is 0.0362. The fraction of sp³-hybridized carbons (Fsp3) is 0. The van der Waals surface area contributed by atoms with Gasteiger partial charge in [-0.2, -0.15) is 15.0 Å². The Kier molecular flexibility index (Phi) is 2.28. The van der Waals surface area contributed by atoms with E-state index in [-0.39, 0.29) is 17.8 Å². The molecule has 0 saturated heterocycles. The van der Waals surface area contributed by atoms with Crippen molar-refractivity contribution in [2.75, 3.05) is 11.5 Å². The molecule has 0 aliphatic rings. The summed E-state index contributed by atoms with van der Waals surface area (Å²) in [5.74, 6) is 0.812. The molecule has 0 saturated carbocycles. The predicted molar refractivity (Wildman–Crippen MR) is 54.6 cm³/mol. The molecule has 2 rings (SSSR count). The summed E-state index contributed by atoms with van der Waals surface area (Å²) in [6.07, 6.45) is 3.01. The van der Waals surface area contributed by atoms with Gasteiger partial charge >= 0.3 is 0 Å². The standard InChI is InChI=1S/C8H8N6O/c9-6-12-7(10)14-8(13-6)11-4-5-2-1-3-15-5/h1-4H,(H4,9,10,12,13,14)/b11-4+. The van der Waals surface area contributed by atoms with Crippen LogP contribution in [0.1, 0.15) is 5.76 Å². The van der Waals surface area contributed by atoms with Gasteiger partial charge in [-0.25, -0.2) is 4.99 Å². The minimum Gasteiger partial charge on any atom is -0.463 e. The second-order valence-electron chi connectivity index (χ2n) is 2.63. The summed E-state index contributed by atoms with van der Waals surface area (Å²) in [4.78, 5) is 15.1. The van der Waals surface area contributed by atoms with E-state index < -0.39 is 0 Å². The summed E-state index contributed by atoms with van der Waals surface area (Å²) >= 11 is 0. The van der Waals surface area contributed by atoms with E-state index in [9.17, 15) is 0 Å². The Balaban J connectivity index is 2.24. The topological polar surface area (TPSA) is 116 Å². The van der Waals surface area contributed by atoms with Crippen molar-refractivity contribution in [1.82, 2.24) is 15.0 Å². The second-order valence-corrected chi connectivity index (χ2v) is 2.63. The van der Waals surface area contributed by atoms with Gasteiger partial charge in [-0.15, -0.1) is 0 Å². The third-order valence-electron chi connectivity index (χ3n) is 1.51. The molecule has 2 aromatic heterocycles. The van der Waals surface area contributed by atoms with Crippen molar-refractivity contribution in [3.05, 3.63) is 24.2 Å². The molecule has 0 aromatic carbocycles. The van der Waals surface area contributed by atoms with Gasteiger partial charge in [-0.3, -0.25) is 0 Å². The highest BCUT2D eigenvalue weighted by atomic mass is 16.3. The van der Waals surface area contributed by atoms with Crippen molar-refractivity contribution in [3.8, 4) is 0 Å². The third kappa shape index (κ3) is 2.27. The molecular weight excluding hydrogens is 196 g/mol. The molecule has 0 atom stereocenters. The zero-order valence-electron chi connectivity index (χ0n) is 7.66. The van der Waals surface area contributed by atoms with Crippen LogP contribution in [0.3, 0.4) is 0 Å². The van der Waals surface area contributed by atoms with Crippen molar-refractivity contribution in [1.29, 1.82) is 0 Å². The highest BCUT2D eigenvalue weighted by Gasteiger charge is 1.98. The Labute approximate surface area is 84.9 Å². The normalized spacial score (nSPS) is 10.9. The zero-order valence-corrected chi connectivity index (χ0v) is 7.66. The molecule has 0 fully saturated rings. The number of aromatic nitrogens is 3. The largest absolute Gasteiger partial charge is 0.463 e. The Hall–Kier alpha value is -2.44. The molecule has 7 heteroatoms. The Morgan fingerprint density at radius 3 is 2.53 bits per heavy atom. The van der Waals surface area contributed by atoms with Crippen LogP contribution in [-0.4, -0.2) is 21.2 Å². The van der Waals surface area contributed by atoms with Gasteiger partial charge < -0.3 is 15.9 Å². The van der Waals surface area contributed by atoms with E-state index in [1.807, 2.05) is 0 Å². The number of nitrogens with two attached hydrogens (primary N) is 2. The summed E-state index contributed by atoms with van der Waals surface area (Å²) in [7, 11) is 0. The van der Waals surface area contributed by atoms with Gasteiger partial charge in [0.15, 0.2) is 0 Å². The lowest BCUT2D eigenvalue weighted by Crippen LogP contribution is -2.01. The van der Waals surface area contributed by atoms with Gasteiger partial charge in [0.1, 0.15) is 5.76 Å². The molecule has 0 aliphatic heterocycles. The fourth-order valence-electron chi connectivity index (χ4n) is 0.941. The van der Waals surface area contributed by atoms with Crippen LogP contribution >= 0.6 is 0 Å². The second kappa shape index (κ2) is 3.74. The molecule has 2 aromatic rings. The summed E-state index contributed by atoms with van der Waals surface area (Å²) < 4.78 is 5.03. The van der Waals surface area contributed by atoms with Gasteiger partial charge in [0, 0.05) is 0 Å². The van der Waals surface area contributed by atoms with Crippen LogP contribution in [0.15, 0.2) is 27.8 Å². The molecule has 0 aliphatic carbocycles. The monoisotopic (exact) mass is 204 g/mol. The molecule has 76 valence electrons. The molecule has 7 nitrogen and oxygen atoms in total. The third-order valence-corrected chi connectivity index (χ3v) is 1.51. The maximum absolute atomic E-state index is 5.37. The van der Waals surface area contributed by atoms with Crippen molar-refractivity contribution in [2.24, 2.45) is 4.99 Å². The van der Waals surface area contributed by atoms with Crippen LogP contribution in [0.4, 0.5) is 17.8 Å². The van der Waals surface area contributed by atoms with E-state index >= 15 is 0 Å². The van der Waals surface area contributed by atoms with Crippen LogP contribution in [-0.2, 0) is 0 Å². The zero-order chi connectivity index (χ0) is 10.7. The minimum atomic E-state index is 0.0362. The molecule has 15 heavy (non-hydrogen) atoms. The van der Waals surface area contributed by atoms with Crippen LogP contribution in [0.2, 0.25) is 0 Å². The van der Waals surface area contributed by atoms with E-state index in [2.05, 4.69) is 19.9 Å². The molecule has 4 N–H and O–H groups in total. The van der Waals surface area contributed by atoms with E-state index in [1.54, 1.807) is 12.1 Å². The summed E-state index contributed by atoms with van der Waals surface area (Å²) in [5, 5.41) is 0. The van der Waals surface area contributed by atoms with E-state index in [4.69, 9.17) is 15.9 Å². The van der Waals surface area contributed by atoms with Crippen LogP contribution in [0, 0.1) is 0 Å². The molecule has 0 radical (unpaired) electrons. The van der Waals surface area contributed by atoms with Gasteiger partial charge in [-0.1, -0.05) is 0 Å². The predicted octanol–water partition coefficient (Wildman–Crippen LogP) is 0.380. The number of hydrogen-bond acceptors (Lipinski definition) is 7. The molecule has 0 amide bonds. The average molecular weight is 204 g/mol. The van der Waals surface area contributed by atoms with Crippen molar-refractivity contribution in [3.63, 3.8) is 0 Å². The molecule has 0 unspecified atom stereocenters. The van der Waals surface area contributed by atoms with E-state index in [0.29, 0.717) is 5.76 Å². The highest BCUT2D eigenvalue weighted by molar-refractivity contribution is 5.77. The number of nitrogens with zero attached hydrogens (tertiary/aromatic N) is 4. The lowest BCUT2D eigenvalue weighted by atomic mass is 10.5. The number of aliphatic imine (C=N–C) groups is 1. The van der Waals surface area contributed by atoms with Crippen LogP contribution in [0.25, 0.3) is 0 Å². The maximum Gasteiger partial charge on any atom is 0.256 e. The first-order valence-electron chi connectivity index (χ1n) is 4.08. The smallest absolute Gasteiger partial charge is 0.256 e. The summed E-state index contributed by atoms with van der Waals surface area (Å²) in [5.41, 5.74) is 10.7. The van der Waals surface area contributed by atoms with Crippen molar-refractivity contribution >= 4 is 24.1 Å². The van der Waals surface area contributed by atoms with Gasteiger partial charge in [0.2, 0.25) is 11.9 Å². The first kappa shape index (κ1) is 9.13. The number of rotatable bonds is 2. The fourth-order valence-corrected chi connectivity index (χ4v) is 0.941. The van der Waals surface area contributed by atoms with Gasteiger partial charge in [0.25, 0.3) is 5.95 Å². The number of hydrogen-bond donors (Lipinski definition) is 2. The number of anilines is 2. The van der Waals surface area contributed by atoms with Gasteiger partial charge in [0.05, 0.1) is 12.5 Å². The van der Waals surface area contributed by atoms with E-state index in [0.717, 1.165) is 0 Å². The van der Waals surface area contributed by atoms with Gasteiger partial charge in [-0.05, 0) is 12.1 Å². The van der Waals surface area contributed by atoms with Crippen molar-refractivity contribution in [2.45, 2.75) is 0 Å². The number of furan rings is 1. The maximum atomic E-state index is 5.37. The molecule has 0 spiro atoms. The van der Waals surface area contributed by atoms with Crippen LogP contribution in [0.5, 0.6) is 0 Å². The summed E-state index contributed by atoms with van der Waals surface area (Å²) in [6.45, 7) is 0. The lowest BCUT2D eigenvalue weighted by molar-refractivity contribution is 0.560. The first-order valence-corrected chi connectivity index (χ1v) is 4.08. The lowest BCUT2D eigenvalue weighted by Gasteiger charge is -1.95. The average Bonchev–Trinajstić information content (AvgIpc) is 2.65. The highest BCUT2D eigenvalue weighted by Crippen LogP contribution is 2.07. The Morgan fingerprint density at radius 2 is 1.93 bits per heavy atom. The molecule has 2 heterocycles. The van der Waals surface area contributed by atoms with Crippen molar-refractivity contribution < 1.29 is 4.42 Å². The molecular formula is C8H8N6O. The van der Waals surface area contributed by atoms with Crippen LogP contribution < -0.4 is 11.5 Å². The first-order chi connectivity index (χ1) is 7.24. The van der Waals surface area contributed by atoms with E-state index in [1.165, 1.54) is 12.5 Å². The SMILES string of the molecule is Nc1nc(N)nc(/N=C/c2ccco2)n1.